The lowest BCUT2D eigenvalue weighted by Gasteiger charge is -2.17. The first-order chi connectivity index (χ1) is 5.54. The summed E-state index contributed by atoms with van der Waals surface area (Å²) in [5, 5.41) is 8.44. The van der Waals surface area contributed by atoms with Crippen molar-refractivity contribution in [3.05, 3.63) is 0 Å². The van der Waals surface area contributed by atoms with Gasteiger partial charge in [-0.15, -0.1) is 0 Å². The predicted octanol–water partition coefficient (Wildman–Crippen LogP) is 1.74. The molecule has 0 radical (unpaired) electrons. The van der Waals surface area contributed by atoms with E-state index in [9.17, 15) is 9.59 Å². The van der Waals surface area contributed by atoms with Crippen LogP contribution < -0.4 is 0 Å². The summed E-state index contributed by atoms with van der Waals surface area (Å²) in [5.74, 6) is -0.683. The van der Waals surface area contributed by atoms with Gasteiger partial charge in [0.2, 0.25) is 0 Å². The molecule has 68 valence electrons. The fourth-order valence-electron chi connectivity index (χ4n) is 1.46. The number of Topliss-reactive ketones (excluding diaryl/α,β-unsaturated/α-hetero) is 1. The molecule has 0 aromatic rings. The second-order valence-electron chi connectivity index (χ2n) is 3.14. The van der Waals surface area contributed by atoms with E-state index in [1.165, 1.54) is 0 Å². The summed E-state index contributed by atoms with van der Waals surface area (Å²) >= 11 is 3.33. The summed E-state index contributed by atoms with van der Waals surface area (Å²) in [5.41, 5.74) is 0. The van der Waals surface area contributed by atoms with E-state index in [4.69, 9.17) is 5.11 Å². The highest BCUT2D eigenvalue weighted by Gasteiger charge is 2.39. The lowest BCUT2D eigenvalue weighted by atomic mass is 10.0. The van der Waals surface area contributed by atoms with Gasteiger partial charge in [0.15, 0.2) is 0 Å². The highest BCUT2D eigenvalue weighted by atomic mass is 79.9. The predicted molar refractivity (Wildman–Crippen MR) is 47.4 cm³/mol. The van der Waals surface area contributed by atoms with Crippen LogP contribution in [0.2, 0.25) is 0 Å². The van der Waals surface area contributed by atoms with Gasteiger partial charge in [0.05, 0.1) is 4.32 Å². The number of hydrogen-bond donors (Lipinski definition) is 1. The maximum atomic E-state index is 11.3. The number of ketones is 1. The largest absolute Gasteiger partial charge is 0.481 e. The van der Waals surface area contributed by atoms with Gasteiger partial charge in [-0.25, -0.2) is 0 Å². The highest BCUT2D eigenvalue weighted by Crippen LogP contribution is 2.38. The molecule has 1 aliphatic rings. The van der Waals surface area contributed by atoms with Crippen molar-refractivity contribution in [1.29, 1.82) is 0 Å². The number of carboxylic acids is 1. The number of aliphatic carboxylic acids is 1. The Bertz CT molecular complexity index is 214. The summed E-state index contributed by atoms with van der Waals surface area (Å²) in [6.45, 7) is 0. The second kappa shape index (κ2) is 3.56. The fourth-order valence-corrected chi connectivity index (χ4v) is 2.14. The Morgan fingerprint density at radius 1 is 1.67 bits per heavy atom. The van der Waals surface area contributed by atoms with E-state index in [0.29, 0.717) is 12.8 Å². The van der Waals surface area contributed by atoms with Crippen LogP contribution in [0.1, 0.15) is 32.1 Å². The molecule has 0 saturated heterocycles. The molecule has 1 saturated carbocycles. The van der Waals surface area contributed by atoms with Crippen LogP contribution >= 0.6 is 15.9 Å². The first-order valence-electron chi connectivity index (χ1n) is 3.99. The van der Waals surface area contributed by atoms with Gasteiger partial charge in [-0.1, -0.05) is 15.9 Å². The Hall–Kier alpha value is -0.380. The van der Waals surface area contributed by atoms with E-state index in [0.717, 1.165) is 12.8 Å². The normalized spacial score (nSPS) is 29.2. The van der Waals surface area contributed by atoms with Crippen LogP contribution in [0.25, 0.3) is 0 Å². The third-order valence-corrected chi connectivity index (χ3v) is 3.45. The summed E-state index contributed by atoms with van der Waals surface area (Å²) < 4.78 is -0.522. The Kier molecular flexibility index (Phi) is 2.88. The maximum Gasteiger partial charge on any atom is 0.303 e. The summed E-state index contributed by atoms with van der Waals surface area (Å²) in [6.07, 6.45) is 2.73. The third-order valence-electron chi connectivity index (χ3n) is 2.21. The first kappa shape index (κ1) is 9.71. The quantitative estimate of drug-likeness (QED) is 0.758. The van der Waals surface area contributed by atoms with Crippen LogP contribution in [-0.2, 0) is 9.59 Å². The van der Waals surface area contributed by atoms with Crippen molar-refractivity contribution in [2.24, 2.45) is 0 Å². The van der Waals surface area contributed by atoms with Gasteiger partial charge in [0, 0.05) is 12.8 Å². The van der Waals surface area contributed by atoms with Gasteiger partial charge in [0.25, 0.3) is 0 Å². The summed E-state index contributed by atoms with van der Waals surface area (Å²) in [6, 6.07) is 0. The molecule has 1 N–H and O–H groups in total. The topological polar surface area (TPSA) is 54.4 Å². The van der Waals surface area contributed by atoms with Crippen molar-refractivity contribution in [3.63, 3.8) is 0 Å². The minimum Gasteiger partial charge on any atom is -0.481 e. The van der Waals surface area contributed by atoms with Crippen LogP contribution in [0.4, 0.5) is 0 Å². The van der Waals surface area contributed by atoms with E-state index in [1.54, 1.807) is 0 Å². The molecular weight excluding hydrogens is 224 g/mol. The maximum absolute atomic E-state index is 11.3. The van der Waals surface area contributed by atoms with Gasteiger partial charge in [-0.05, 0) is 19.3 Å². The number of carbonyl (C=O) groups excluding carboxylic acids is 1. The molecule has 1 unspecified atom stereocenters. The van der Waals surface area contributed by atoms with Crippen LogP contribution in [0.15, 0.2) is 0 Å². The van der Waals surface area contributed by atoms with E-state index in [-0.39, 0.29) is 12.2 Å². The smallest absolute Gasteiger partial charge is 0.303 e. The molecule has 0 aliphatic heterocycles. The Labute approximate surface area is 79.3 Å². The van der Waals surface area contributed by atoms with Crippen LogP contribution in [0.5, 0.6) is 0 Å². The average molecular weight is 235 g/mol. The van der Waals surface area contributed by atoms with Crippen molar-refractivity contribution in [1.82, 2.24) is 0 Å². The molecule has 1 atom stereocenters. The highest BCUT2D eigenvalue weighted by molar-refractivity contribution is 9.10. The molecule has 0 heterocycles. The van der Waals surface area contributed by atoms with E-state index in [1.807, 2.05) is 0 Å². The first-order valence-corrected chi connectivity index (χ1v) is 4.78. The van der Waals surface area contributed by atoms with Crippen molar-refractivity contribution >= 4 is 27.7 Å². The number of alkyl halides is 1. The van der Waals surface area contributed by atoms with Crippen molar-refractivity contribution in [2.75, 3.05) is 0 Å². The third kappa shape index (κ3) is 2.06. The SMILES string of the molecule is O=C(O)CCC1(Br)CCCC1=O. The van der Waals surface area contributed by atoms with Gasteiger partial charge >= 0.3 is 5.97 Å². The fraction of sp³-hybridized carbons (Fsp3) is 0.750. The minimum absolute atomic E-state index is 0.0665. The zero-order valence-corrected chi connectivity index (χ0v) is 8.26. The van der Waals surface area contributed by atoms with Crippen molar-refractivity contribution in [2.45, 2.75) is 36.4 Å². The second-order valence-corrected chi connectivity index (χ2v) is 4.65. The molecule has 1 aliphatic carbocycles. The average Bonchev–Trinajstić information content (AvgIpc) is 2.30. The molecule has 12 heavy (non-hydrogen) atoms. The van der Waals surface area contributed by atoms with Crippen LogP contribution in [0, 0.1) is 0 Å². The number of hydrogen-bond acceptors (Lipinski definition) is 2. The molecule has 0 aromatic carbocycles. The van der Waals surface area contributed by atoms with Gasteiger partial charge in [-0.3, -0.25) is 9.59 Å². The number of halogens is 1. The molecule has 1 fully saturated rings. The van der Waals surface area contributed by atoms with E-state index >= 15 is 0 Å². The number of carboxylic acid groups (broad SMARTS) is 1. The van der Waals surface area contributed by atoms with E-state index < -0.39 is 10.3 Å². The lowest BCUT2D eigenvalue weighted by Crippen LogP contribution is -2.26. The molecule has 0 amide bonds. The Morgan fingerprint density at radius 2 is 2.33 bits per heavy atom. The monoisotopic (exact) mass is 234 g/mol. The zero-order valence-electron chi connectivity index (χ0n) is 6.68. The molecule has 1 rings (SSSR count). The van der Waals surface area contributed by atoms with E-state index in [2.05, 4.69) is 15.9 Å². The molecule has 0 spiro atoms. The molecule has 4 heteroatoms. The van der Waals surface area contributed by atoms with Crippen molar-refractivity contribution < 1.29 is 14.7 Å². The van der Waals surface area contributed by atoms with Gasteiger partial charge in [0.1, 0.15) is 5.78 Å². The van der Waals surface area contributed by atoms with Gasteiger partial charge < -0.3 is 5.11 Å². The Balaban J connectivity index is 2.48. The Morgan fingerprint density at radius 3 is 2.75 bits per heavy atom. The van der Waals surface area contributed by atoms with Crippen LogP contribution in [0.3, 0.4) is 0 Å². The molecule has 0 bridgehead atoms. The van der Waals surface area contributed by atoms with Crippen LogP contribution in [-0.4, -0.2) is 21.2 Å². The molecular formula is C8H11BrO3. The zero-order chi connectivity index (χ0) is 9.19. The standard InChI is InChI=1S/C8H11BrO3/c9-8(5-3-7(11)12)4-1-2-6(8)10/h1-5H2,(H,11,12). The van der Waals surface area contributed by atoms with Crippen molar-refractivity contribution in [3.8, 4) is 0 Å². The lowest BCUT2D eigenvalue weighted by molar-refractivity contribution is -0.137. The summed E-state index contributed by atoms with van der Waals surface area (Å²) in [4.78, 5) is 21.5. The minimum atomic E-state index is -0.839. The molecule has 0 aromatic heterocycles. The number of carbonyl (C=O) groups is 2. The molecule has 3 nitrogen and oxygen atoms in total. The number of rotatable bonds is 3. The van der Waals surface area contributed by atoms with Gasteiger partial charge in [-0.2, -0.15) is 0 Å². The summed E-state index contributed by atoms with van der Waals surface area (Å²) in [7, 11) is 0.